The number of rotatable bonds is 4. The summed E-state index contributed by atoms with van der Waals surface area (Å²) in [6, 6.07) is 4.12. The van der Waals surface area contributed by atoms with Crippen LogP contribution in [-0.4, -0.2) is 26.6 Å². The molecule has 2 amide bonds. The molecule has 0 saturated carbocycles. The number of carbonyl (C=O) groups is 2. The number of thiazole rings is 1. The maximum atomic E-state index is 14.4. The first-order chi connectivity index (χ1) is 13.5. The number of hydrogen-bond donors (Lipinski definition) is 3. The van der Waals surface area contributed by atoms with E-state index in [2.05, 4.69) is 20.7 Å². The molecule has 29 heavy (non-hydrogen) atoms. The van der Waals surface area contributed by atoms with Crippen molar-refractivity contribution in [1.29, 1.82) is 0 Å². The van der Waals surface area contributed by atoms with E-state index in [-0.39, 0.29) is 16.2 Å². The summed E-state index contributed by atoms with van der Waals surface area (Å²) in [7, 11) is 0. The van der Waals surface area contributed by atoms with Gasteiger partial charge < -0.3 is 16.4 Å². The number of aromatic nitrogens is 3. The Balaban J connectivity index is 1.82. The van der Waals surface area contributed by atoms with Gasteiger partial charge in [-0.3, -0.25) is 14.3 Å². The highest BCUT2D eigenvalue weighted by Crippen LogP contribution is 2.24. The second-order valence-electron chi connectivity index (χ2n) is 7.43. The molecule has 0 spiro atoms. The molecule has 3 rings (SSSR count). The van der Waals surface area contributed by atoms with E-state index >= 15 is 0 Å². The quantitative estimate of drug-likeness (QED) is 0.601. The highest BCUT2D eigenvalue weighted by molar-refractivity contribution is 7.17. The zero-order valence-corrected chi connectivity index (χ0v) is 17.2. The molecular weight excluding hydrogens is 395 g/mol. The van der Waals surface area contributed by atoms with E-state index in [1.807, 2.05) is 20.8 Å². The highest BCUT2D eigenvalue weighted by atomic mass is 32.1. The first kappa shape index (κ1) is 20.5. The van der Waals surface area contributed by atoms with Gasteiger partial charge in [-0.2, -0.15) is 5.10 Å². The minimum absolute atomic E-state index is 0.208. The Hall–Kier alpha value is -3.27. The van der Waals surface area contributed by atoms with Gasteiger partial charge in [0.05, 0.1) is 17.3 Å². The summed E-state index contributed by atoms with van der Waals surface area (Å²) in [4.78, 5) is 29.0. The van der Waals surface area contributed by atoms with E-state index in [0.717, 1.165) is 11.3 Å². The summed E-state index contributed by atoms with van der Waals surface area (Å²) in [5, 5.41) is 9.78. The third-order valence-corrected chi connectivity index (χ3v) is 4.90. The number of carbonyl (C=O) groups excluding carboxylic acids is 2. The van der Waals surface area contributed by atoms with Crippen LogP contribution in [0.1, 0.15) is 46.4 Å². The maximum absolute atomic E-state index is 14.4. The molecule has 2 heterocycles. The van der Waals surface area contributed by atoms with Gasteiger partial charge in [0.25, 0.3) is 11.8 Å². The van der Waals surface area contributed by atoms with Crippen LogP contribution in [0.3, 0.4) is 0 Å². The van der Waals surface area contributed by atoms with E-state index in [9.17, 15) is 14.0 Å². The van der Waals surface area contributed by atoms with Crippen LogP contribution in [0, 0.1) is 12.7 Å². The van der Waals surface area contributed by atoms with Gasteiger partial charge in [-0.05, 0) is 45.4 Å². The molecule has 2 aromatic heterocycles. The summed E-state index contributed by atoms with van der Waals surface area (Å²) < 4.78 is 16.1. The lowest BCUT2D eigenvalue weighted by molar-refractivity contribution is 0.101. The molecule has 10 heteroatoms. The summed E-state index contributed by atoms with van der Waals surface area (Å²) in [6.45, 7) is 7.54. The van der Waals surface area contributed by atoms with Crippen molar-refractivity contribution in [1.82, 2.24) is 14.8 Å². The second-order valence-corrected chi connectivity index (χ2v) is 8.50. The van der Waals surface area contributed by atoms with Gasteiger partial charge in [0.2, 0.25) is 0 Å². The topological polar surface area (TPSA) is 115 Å². The van der Waals surface area contributed by atoms with E-state index < -0.39 is 17.6 Å². The number of nitrogens with zero attached hydrogens (tertiary/aromatic N) is 3. The fourth-order valence-electron chi connectivity index (χ4n) is 2.51. The number of aryl methyl sites for hydroxylation is 1. The van der Waals surface area contributed by atoms with Crippen molar-refractivity contribution in [3.05, 3.63) is 52.4 Å². The van der Waals surface area contributed by atoms with Crippen LogP contribution in [0.5, 0.6) is 0 Å². The predicted molar refractivity (Wildman–Crippen MR) is 111 cm³/mol. The van der Waals surface area contributed by atoms with E-state index in [4.69, 9.17) is 5.73 Å². The smallest absolute Gasteiger partial charge is 0.267 e. The molecule has 0 fully saturated rings. The largest absolute Gasteiger partial charge is 0.375 e. The van der Waals surface area contributed by atoms with Crippen LogP contribution in [0.15, 0.2) is 30.6 Å². The third kappa shape index (κ3) is 4.60. The monoisotopic (exact) mass is 416 g/mol. The van der Waals surface area contributed by atoms with Crippen LogP contribution in [0.2, 0.25) is 0 Å². The Morgan fingerprint density at radius 2 is 1.93 bits per heavy atom. The highest BCUT2D eigenvalue weighted by Gasteiger charge is 2.19. The lowest BCUT2D eigenvalue weighted by atomic mass is 10.1. The molecule has 0 radical (unpaired) electrons. The summed E-state index contributed by atoms with van der Waals surface area (Å²) in [5.41, 5.74) is 5.87. The molecule has 0 unspecified atom stereocenters. The van der Waals surface area contributed by atoms with Gasteiger partial charge in [-0.15, -0.1) is 0 Å². The number of halogens is 1. The number of amides is 2. The molecule has 0 aliphatic rings. The molecule has 4 N–H and O–H groups in total. The van der Waals surface area contributed by atoms with Crippen LogP contribution in [0.4, 0.5) is 21.0 Å². The molecule has 0 aliphatic heterocycles. The average molecular weight is 416 g/mol. The molecule has 0 saturated heterocycles. The fourth-order valence-corrected chi connectivity index (χ4v) is 3.09. The maximum Gasteiger partial charge on any atom is 0.267 e. The molecule has 3 aromatic rings. The summed E-state index contributed by atoms with van der Waals surface area (Å²) in [5.74, 6) is -1.51. The van der Waals surface area contributed by atoms with Crippen LogP contribution >= 0.6 is 11.3 Å². The number of nitrogens with one attached hydrogen (secondary N) is 2. The fraction of sp³-hybridized carbons (Fsp3) is 0.263. The minimum atomic E-state index is -0.699. The predicted octanol–water partition coefficient (Wildman–Crippen LogP) is 3.63. The summed E-state index contributed by atoms with van der Waals surface area (Å²) >= 11 is 1.03. The van der Waals surface area contributed by atoms with Crippen molar-refractivity contribution in [2.45, 2.75) is 33.2 Å². The van der Waals surface area contributed by atoms with Crippen LogP contribution in [0.25, 0.3) is 0 Å². The number of nitrogen functional groups attached to an aromatic ring is 1. The number of hydrogen-bond acceptors (Lipinski definition) is 6. The third-order valence-electron chi connectivity index (χ3n) is 4.07. The zero-order chi connectivity index (χ0) is 21.3. The van der Waals surface area contributed by atoms with Crippen molar-refractivity contribution < 1.29 is 14.0 Å². The Bertz CT molecular complexity index is 1080. The van der Waals surface area contributed by atoms with Crippen molar-refractivity contribution >= 4 is 39.8 Å². The Labute approximate surface area is 170 Å². The Morgan fingerprint density at radius 3 is 2.52 bits per heavy atom. The lowest BCUT2D eigenvalue weighted by Crippen LogP contribution is -2.23. The molecule has 0 atom stereocenters. The average Bonchev–Trinajstić information content (AvgIpc) is 3.26. The Kier molecular flexibility index (Phi) is 5.38. The molecular formula is C19H21FN6O2S. The van der Waals surface area contributed by atoms with Gasteiger partial charge in [-0.1, -0.05) is 11.3 Å². The van der Waals surface area contributed by atoms with Crippen molar-refractivity contribution in [3.8, 4) is 0 Å². The summed E-state index contributed by atoms with van der Waals surface area (Å²) in [6.07, 6.45) is 3.08. The van der Waals surface area contributed by atoms with Crippen molar-refractivity contribution in [2.24, 2.45) is 0 Å². The molecule has 0 aliphatic carbocycles. The Morgan fingerprint density at radius 1 is 1.21 bits per heavy atom. The van der Waals surface area contributed by atoms with Crippen LogP contribution < -0.4 is 16.4 Å². The van der Waals surface area contributed by atoms with Gasteiger partial charge in [0, 0.05) is 18.0 Å². The van der Waals surface area contributed by atoms with Crippen LogP contribution in [-0.2, 0) is 5.54 Å². The van der Waals surface area contributed by atoms with Crippen molar-refractivity contribution in [3.63, 3.8) is 0 Å². The molecule has 8 nitrogen and oxygen atoms in total. The number of nitrogens with two attached hydrogens (primary N) is 1. The molecule has 152 valence electrons. The first-order valence-electron chi connectivity index (χ1n) is 8.75. The molecule has 1 aromatic carbocycles. The van der Waals surface area contributed by atoms with E-state index in [1.54, 1.807) is 23.9 Å². The van der Waals surface area contributed by atoms with Gasteiger partial charge in [-0.25, -0.2) is 9.37 Å². The molecule has 0 bridgehead atoms. The van der Waals surface area contributed by atoms with Gasteiger partial charge in [0.1, 0.15) is 10.7 Å². The zero-order valence-electron chi connectivity index (χ0n) is 16.4. The van der Waals surface area contributed by atoms with E-state index in [1.165, 1.54) is 18.3 Å². The number of anilines is 3. The first-order valence-corrected chi connectivity index (χ1v) is 9.56. The normalized spacial score (nSPS) is 11.3. The lowest BCUT2D eigenvalue weighted by Gasteiger charge is -2.18. The van der Waals surface area contributed by atoms with Crippen molar-refractivity contribution in [2.75, 3.05) is 16.4 Å². The SMILES string of the molecule is Cc1cc(F)c(C(=O)Nc2ccn(C(C)(C)C)n2)cc1NC(=O)c1cnc(N)s1. The standard InChI is InChI=1S/C19H21FN6O2S/c1-10-7-12(20)11(8-13(10)23-17(28)14-9-22-18(21)29-14)16(27)24-15-5-6-26(25-15)19(2,3)4/h5-9H,1-4H3,(H2,21,22)(H,23,28)(H,24,25,27). The van der Waals surface area contributed by atoms with Gasteiger partial charge >= 0.3 is 0 Å². The number of benzene rings is 1. The minimum Gasteiger partial charge on any atom is -0.375 e. The second kappa shape index (κ2) is 7.63. The van der Waals surface area contributed by atoms with E-state index in [0.29, 0.717) is 21.9 Å². The van der Waals surface area contributed by atoms with Gasteiger partial charge in [0.15, 0.2) is 10.9 Å².